The number of carbonyl (C=O) groups is 1. The van der Waals surface area contributed by atoms with E-state index in [1.54, 1.807) is 0 Å². The molecule has 0 unspecified atom stereocenters. The summed E-state index contributed by atoms with van der Waals surface area (Å²) >= 11 is 0. The first-order valence-electron chi connectivity index (χ1n) is 10.1. The van der Waals surface area contributed by atoms with Gasteiger partial charge >= 0.3 is 6.18 Å². The smallest absolute Gasteiger partial charge is 0.451 e. The molecule has 1 N–H and O–H groups in total. The van der Waals surface area contributed by atoms with Crippen molar-refractivity contribution < 1.29 is 27.4 Å². The van der Waals surface area contributed by atoms with Gasteiger partial charge in [0.2, 0.25) is 11.7 Å². The van der Waals surface area contributed by atoms with Crippen LogP contribution in [-0.4, -0.2) is 48.7 Å². The van der Waals surface area contributed by atoms with Gasteiger partial charge in [-0.3, -0.25) is 4.79 Å². The minimum absolute atomic E-state index is 0.0277. The van der Waals surface area contributed by atoms with Crippen LogP contribution in [0.4, 0.5) is 18.9 Å². The number of carbonyl (C=O) groups excluding carboxylic acids is 1. The topological polar surface area (TPSA) is 76.6 Å². The zero-order valence-electron chi connectivity index (χ0n) is 17.0. The Bertz CT molecular complexity index is 932. The SMILES string of the molecule is COCC(=O)N[C@H]1CCN(c2cc(Oc3cnc(C(F)(F)F)nc3)cc(C3CC3)c2)C1. The van der Waals surface area contributed by atoms with Gasteiger partial charge < -0.3 is 19.7 Å². The molecular weight excluding hydrogens is 413 g/mol. The van der Waals surface area contributed by atoms with Crippen molar-refractivity contribution >= 4 is 11.6 Å². The van der Waals surface area contributed by atoms with E-state index in [0.717, 1.165) is 49.5 Å². The van der Waals surface area contributed by atoms with Crippen LogP contribution in [0.3, 0.4) is 0 Å². The van der Waals surface area contributed by atoms with Crippen LogP contribution < -0.4 is 15.0 Å². The molecular formula is C21H23F3N4O3. The molecule has 4 rings (SSSR count). The van der Waals surface area contributed by atoms with Crippen LogP contribution in [0.15, 0.2) is 30.6 Å². The number of methoxy groups -OCH3 is 1. The van der Waals surface area contributed by atoms with Crippen LogP contribution in [0.2, 0.25) is 0 Å². The van der Waals surface area contributed by atoms with Crippen LogP contribution >= 0.6 is 0 Å². The van der Waals surface area contributed by atoms with Gasteiger partial charge in [0, 0.05) is 38.0 Å². The maximum absolute atomic E-state index is 12.7. The predicted molar refractivity (Wildman–Crippen MR) is 106 cm³/mol. The summed E-state index contributed by atoms with van der Waals surface area (Å²) in [6, 6.07) is 5.91. The predicted octanol–water partition coefficient (Wildman–Crippen LogP) is 3.51. The Balaban J connectivity index is 1.49. The minimum atomic E-state index is -4.59. The Hall–Kier alpha value is -2.88. The second kappa shape index (κ2) is 8.70. The molecule has 1 saturated carbocycles. The number of amides is 1. The number of benzene rings is 1. The van der Waals surface area contributed by atoms with E-state index < -0.39 is 12.0 Å². The molecule has 1 aliphatic heterocycles. The Morgan fingerprint density at radius 1 is 1.16 bits per heavy atom. The van der Waals surface area contributed by atoms with E-state index in [1.807, 2.05) is 12.1 Å². The number of alkyl halides is 3. The van der Waals surface area contributed by atoms with Gasteiger partial charge in [0.1, 0.15) is 12.4 Å². The lowest BCUT2D eigenvalue weighted by Gasteiger charge is -2.21. The second-order valence-electron chi connectivity index (χ2n) is 7.81. The summed E-state index contributed by atoms with van der Waals surface area (Å²) in [5.74, 6) is -0.225. The van der Waals surface area contributed by atoms with Crippen LogP contribution in [0.25, 0.3) is 0 Å². The molecule has 10 heteroatoms. The zero-order chi connectivity index (χ0) is 22.0. The second-order valence-corrected chi connectivity index (χ2v) is 7.81. The van der Waals surface area contributed by atoms with Crippen molar-refractivity contribution in [1.82, 2.24) is 15.3 Å². The normalized spacial score (nSPS) is 18.8. The monoisotopic (exact) mass is 436 g/mol. The molecule has 1 saturated heterocycles. The van der Waals surface area contributed by atoms with E-state index in [4.69, 9.17) is 9.47 Å². The number of halogens is 3. The van der Waals surface area contributed by atoms with Gasteiger partial charge in [0.05, 0.1) is 12.4 Å². The lowest BCUT2D eigenvalue weighted by Crippen LogP contribution is -2.38. The number of nitrogens with zero attached hydrogens (tertiary/aromatic N) is 3. The fourth-order valence-corrected chi connectivity index (χ4v) is 3.66. The molecule has 1 aromatic carbocycles. The lowest BCUT2D eigenvalue weighted by molar-refractivity contribution is -0.145. The summed E-state index contributed by atoms with van der Waals surface area (Å²) in [4.78, 5) is 20.6. The molecule has 0 spiro atoms. The molecule has 7 nitrogen and oxygen atoms in total. The molecule has 2 fully saturated rings. The third kappa shape index (κ3) is 5.43. The first kappa shape index (κ1) is 21.4. The molecule has 1 aliphatic carbocycles. The van der Waals surface area contributed by atoms with Crippen LogP contribution in [0.5, 0.6) is 11.5 Å². The summed E-state index contributed by atoms with van der Waals surface area (Å²) < 4.78 is 48.7. The van der Waals surface area contributed by atoms with E-state index in [-0.39, 0.29) is 24.3 Å². The van der Waals surface area contributed by atoms with Crippen molar-refractivity contribution in [2.24, 2.45) is 0 Å². The summed E-state index contributed by atoms with van der Waals surface area (Å²) in [7, 11) is 1.48. The Morgan fingerprint density at radius 2 is 1.90 bits per heavy atom. The van der Waals surface area contributed by atoms with E-state index in [9.17, 15) is 18.0 Å². The van der Waals surface area contributed by atoms with Gasteiger partial charge in [0.25, 0.3) is 0 Å². The maximum atomic E-state index is 12.7. The molecule has 31 heavy (non-hydrogen) atoms. The number of aromatic nitrogens is 2. The summed E-state index contributed by atoms with van der Waals surface area (Å²) in [5.41, 5.74) is 2.09. The van der Waals surface area contributed by atoms with Crippen molar-refractivity contribution in [3.8, 4) is 11.5 Å². The number of hydrogen-bond donors (Lipinski definition) is 1. The number of ether oxygens (including phenoxy) is 2. The average Bonchev–Trinajstić information content (AvgIpc) is 3.47. The molecule has 2 aliphatic rings. The first-order chi connectivity index (χ1) is 14.8. The molecule has 1 aromatic heterocycles. The van der Waals surface area contributed by atoms with Crippen LogP contribution in [0.1, 0.15) is 36.6 Å². The van der Waals surface area contributed by atoms with Crippen LogP contribution in [0, 0.1) is 0 Å². The van der Waals surface area contributed by atoms with E-state index in [2.05, 4.69) is 26.3 Å². The third-order valence-electron chi connectivity index (χ3n) is 5.27. The Morgan fingerprint density at radius 3 is 2.55 bits per heavy atom. The van der Waals surface area contributed by atoms with Crippen molar-refractivity contribution in [3.63, 3.8) is 0 Å². The van der Waals surface area contributed by atoms with Gasteiger partial charge in [0.15, 0.2) is 5.75 Å². The molecule has 1 atom stereocenters. The van der Waals surface area contributed by atoms with Crippen molar-refractivity contribution in [3.05, 3.63) is 42.0 Å². The third-order valence-corrected chi connectivity index (χ3v) is 5.27. The van der Waals surface area contributed by atoms with Gasteiger partial charge in [-0.05, 0) is 42.9 Å². The number of anilines is 1. The van der Waals surface area contributed by atoms with Gasteiger partial charge in [-0.2, -0.15) is 13.2 Å². The maximum Gasteiger partial charge on any atom is 0.451 e. The summed E-state index contributed by atoms with van der Waals surface area (Å²) in [6.07, 6.45) is 0.464. The Kier molecular flexibility index (Phi) is 5.99. The van der Waals surface area contributed by atoms with Crippen molar-refractivity contribution in [1.29, 1.82) is 0 Å². The van der Waals surface area contributed by atoms with Crippen molar-refractivity contribution in [2.75, 3.05) is 31.7 Å². The molecule has 2 heterocycles. The van der Waals surface area contributed by atoms with E-state index in [1.165, 1.54) is 7.11 Å². The highest BCUT2D eigenvalue weighted by Crippen LogP contribution is 2.43. The van der Waals surface area contributed by atoms with Gasteiger partial charge in [-0.25, -0.2) is 9.97 Å². The molecule has 2 aromatic rings. The fourth-order valence-electron chi connectivity index (χ4n) is 3.66. The van der Waals surface area contributed by atoms with Gasteiger partial charge in [-0.1, -0.05) is 0 Å². The Labute approximate surface area is 177 Å². The van der Waals surface area contributed by atoms with Crippen LogP contribution in [-0.2, 0) is 15.7 Å². The molecule has 1 amide bonds. The fraction of sp³-hybridized carbons (Fsp3) is 0.476. The van der Waals surface area contributed by atoms with Gasteiger partial charge in [-0.15, -0.1) is 0 Å². The highest BCUT2D eigenvalue weighted by Gasteiger charge is 2.34. The highest BCUT2D eigenvalue weighted by atomic mass is 19.4. The van der Waals surface area contributed by atoms with Crippen molar-refractivity contribution in [2.45, 2.75) is 37.4 Å². The quantitative estimate of drug-likeness (QED) is 0.716. The standard InChI is InChI=1S/C21H23F3N4O3/c1-30-12-19(29)27-15-4-5-28(11-15)16-6-14(13-2-3-13)7-17(8-16)31-18-9-25-20(26-10-18)21(22,23)24/h6-10,13,15H,2-5,11-12H2,1H3,(H,27,29)/t15-/m0/s1. The minimum Gasteiger partial charge on any atom is -0.454 e. The average molecular weight is 436 g/mol. The highest BCUT2D eigenvalue weighted by molar-refractivity contribution is 5.77. The number of rotatable bonds is 7. The number of nitrogens with one attached hydrogen (secondary N) is 1. The van der Waals surface area contributed by atoms with E-state index >= 15 is 0 Å². The molecule has 166 valence electrons. The number of hydrogen-bond acceptors (Lipinski definition) is 6. The lowest BCUT2D eigenvalue weighted by atomic mass is 10.1. The summed E-state index contributed by atoms with van der Waals surface area (Å²) in [5, 5.41) is 2.96. The molecule has 0 radical (unpaired) electrons. The molecule has 0 bridgehead atoms. The first-order valence-corrected chi connectivity index (χ1v) is 10.1. The summed E-state index contributed by atoms with van der Waals surface area (Å²) in [6.45, 7) is 1.46. The largest absolute Gasteiger partial charge is 0.454 e. The van der Waals surface area contributed by atoms with E-state index in [0.29, 0.717) is 18.2 Å². The zero-order valence-corrected chi connectivity index (χ0v) is 17.0.